The van der Waals surface area contributed by atoms with Gasteiger partial charge in [0.2, 0.25) is 5.91 Å². The molecular formula is C19H24N4O2. The van der Waals surface area contributed by atoms with E-state index in [1.54, 1.807) is 14.0 Å². The number of hydrogen-bond acceptors (Lipinski definition) is 5. The van der Waals surface area contributed by atoms with Gasteiger partial charge in [-0.1, -0.05) is 18.2 Å². The Morgan fingerprint density at radius 1 is 1.24 bits per heavy atom. The van der Waals surface area contributed by atoms with Gasteiger partial charge in [-0.3, -0.25) is 9.69 Å². The number of carbonyl (C=O) groups excluding carboxylic acids is 1. The number of carbonyl (C=O) groups is 1. The van der Waals surface area contributed by atoms with E-state index < -0.39 is 0 Å². The van der Waals surface area contributed by atoms with Crippen LogP contribution in [0.2, 0.25) is 0 Å². The Morgan fingerprint density at radius 3 is 2.64 bits per heavy atom. The molecule has 0 unspecified atom stereocenters. The summed E-state index contributed by atoms with van der Waals surface area (Å²) in [6.45, 7) is 6.44. The normalized spacial score (nSPS) is 18.2. The molecule has 1 aromatic heterocycles. The van der Waals surface area contributed by atoms with Crippen LogP contribution in [0.25, 0.3) is 0 Å². The monoisotopic (exact) mass is 340 g/mol. The Balaban J connectivity index is 1.89. The lowest BCUT2D eigenvalue weighted by molar-refractivity contribution is -0.132. The zero-order chi connectivity index (χ0) is 17.8. The Morgan fingerprint density at radius 2 is 1.96 bits per heavy atom. The molecular weight excluding hydrogens is 316 g/mol. The molecule has 0 radical (unpaired) electrons. The summed E-state index contributed by atoms with van der Waals surface area (Å²) in [7, 11) is 1.68. The highest BCUT2D eigenvalue weighted by Crippen LogP contribution is 2.33. The highest BCUT2D eigenvalue weighted by Gasteiger charge is 2.31. The van der Waals surface area contributed by atoms with E-state index in [9.17, 15) is 4.79 Å². The molecule has 25 heavy (non-hydrogen) atoms. The number of rotatable bonds is 4. The quantitative estimate of drug-likeness (QED) is 0.854. The second-order valence-electron chi connectivity index (χ2n) is 6.33. The van der Waals surface area contributed by atoms with E-state index in [4.69, 9.17) is 4.74 Å². The van der Waals surface area contributed by atoms with Crippen LogP contribution >= 0.6 is 0 Å². The minimum atomic E-state index is 0.0788. The first-order chi connectivity index (χ1) is 12.1. The number of ether oxygens (including phenoxy) is 1. The van der Waals surface area contributed by atoms with Crippen molar-refractivity contribution in [2.24, 2.45) is 0 Å². The van der Waals surface area contributed by atoms with E-state index in [0.29, 0.717) is 6.54 Å². The van der Waals surface area contributed by atoms with Gasteiger partial charge in [-0.15, -0.1) is 0 Å². The van der Waals surface area contributed by atoms with Crippen molar-refractivity contribution in [3.8, 4) is 5.75 Å². The zero-order valence-electron chi connectivity index (χ0n) is 15.0. The van der Waals surface area contributed by atoms with Crippen molar-refractivity contribution >= 4 is 5.91 Å². The molecule has 0 saturated carbocycles. The predicted molar refractivity (Wildman–Crippen MR) is 95.2 cm³/mol. The number of hydrogen-bond donors (Lipinski definition) is 0. The van der Waals surface area contributed by atoms with Crippen LogP contribution in [0.5, 0.6) is 5.75 Å². The summed E-state index contributed by atoms with van der Waals surface area (Å²) in [5.74, 6) is 1.73. The second kappa shape index (κ2) is 7.61. The fraction of sp³-hybridized carbons (Fsp3) is 0.421. The van der Waals surface area contributed by atoms with Crippen LogP contribution in [-0.2, 0) is 11.3 Å². The van der Waals surface area contributed by atoms with Gasteiger partial charge >= 0.3 is 0 Å². The number of para-hydroxylation sites is 1. The maximum absolute atomic E-state index is 11.9. The van der Waals surface area contributed by atoms with Crippen LogP contribution in [0.4, 0.5) is 0 Å². The average molecular weight is 340 g/mol. The summed E-state index contributed by atoms with van der Waals surface area (Å²) in [4.78, 5) is 24.7. The van der Waals surface area contributed by atoms with Crippen LogP contribution in [-0.4, -0.2) is 52.4 Å². The van der Waals surface area contributed by atoms with E-state index in [2.05, 4.69) is 20.9 Å². The third-order valence-corrected chi connectivity index (χ3v) is 4.65. The standard InChI is InChI=1S/C19H24N4O2/c1-14-20-10-16(11-21-14)12-23-9-8-22(15(2)24)13-18(23)17-6-4-5-7-19(17)25-3/h4-7,10-11,18H,8-9,12-13H2,1-3H3/t18-/m0/s1. The summed E-state index contributed by atoms with van der Waals surface area (Å²) in [6, 6.07) is 8.10. The maximum Gasteiger partial charge on any atom is 0.219 e. The van der Waals surface area contributed by atoms with Gasteiger partial charge in [-0.25, -0.2) is 9.97 Å². The van der Waals surface area contributed by atoms with Crippen molar-refractivity contribution in [1.29, 1.82) is 0 Å². The molecule has 1 aliphatic rings. The third kappa shape index (κ3) is 3.96. The van der Waals surface area contributed by atoms with Crippen LogP contribution in [0.3, 0.4) is 0 Å². The van der Waals surface area contributed by atoms with Gasteiger partial charge < -0.3 is 9.64 Å². The predicted octanol–water partition coefficient (Wildman–Crippen LogP) is 2.20. The molecule has 1 aromatic carbocycles. The van der Waals surface area contributed by atoms with E-state index in [1.165, 1.54) is 0 Å². The molecule has 3 rings (SSSR count). The highest BCUT2D eigenvalue weighted by atomic mass is 16.5. The molecule has 1 amide bonds. The van der Waals surface area contributed by atoms with Gasteiger partial charge in [0.05, 0.1) is 13.2 Å². The lowest BCUT2D eigenvalue weighted by Crippen LogP contribution is -2.49. The molecule has 6 heteroatoms. The minimum absolute atomic E-state index is 0.0788. The number of benzene rings is 1. The van der Waals surface area contributed by atoms with Crippen molar-refractivity contribution < 1.29 is 9.53 Å². The third-order valence-electron chi connectivity index (χ3n) is 4.65. The SMILES string of the molecule is COc1ccccc1[C@@H]1CN(C(C)=O)CCN1Cc1cnc(C)nc1. The number of aryl methyl sites for hydroxylation is 1. The molecule has 1 fully saturated rings. The van der Waals surface area contributed by atoms with Gasteiger partial charge in [0, 0.05) is 56.6 Å². The first-order valence-electron chi connectivity index (χ1n) is 8.48. The van der Waals surface area contributed by atoms with Crippen molar-refractivity contribution in [3.05, 3.63) is 53.6 Å². The van der Waals surface area contributed by atoms with Crippen LogP contribution in [0.1, 0.15) is 29.9 Å². The Bertz CT molecular complexity index is 732. The Kier molecular flexibility index (Phi) is 5.28. The number of amides is 1. The largest absolute Gasteiger partial charge is 0.496 e. The topological polar surface area (TPSA) is 58.6 Å². The van der Waals surface area contributed by atoms with E-state index in [0.717, 1.165) is 42.3 Å². The zero-order valence-corrected chi connectivity index (χ0v) is 15.0. The molecule has 1 saturated heterocycles. The molecule has 132 valence electrons. The van der Waals surface area contributed by atoms with E-state index in [1.807, 2.05) is 42.4 Å². The number of methoxy groups -OCH3 is 1. The van der Waals surface area contributed by atoms with Gasteiger partial charge in [0.15, 0.2) is 0 Å². The van der Waals surface area contributed by atoms with Crippen LogP contribution in [0.15, 0.2) is 36.7 Å². The second-order valence-corrected chi connectivity index (χ2v) is 6.33. The van der Waals surface area contributed by atoms with Crippen molar-refractivity contribution in [2.75, 3.05) is 26.7 Å². The Hall–Kier alpha value is -2.47. The average Bonchev–Trinajstić information content (AvgIpc) is 2.63. The summed E-state index contributed by atoms with van der Waals surface area (Å²) in [5, 5.41) is 0. The number of aromatic nitrogens is 2. The van der Waals surface area contributed by atoms with Crippen molar-refractivity contribution in [2.45, 2.75) is 26.4 Å². The van der Waals surface area contributed by atoms with E-state index >= 15 is 0 Å². The van der Waals surface area contributed by atoms with Crippen molar-refractivity contribution in [3.63, 3.8) is 0 Å². The van der Waals surface area contributed by atoms with Crippen LogP contribution < -0.4 is 4.74 Å². The van der Waals surface area contributed by atoms with Gasteiger partial charge in [0.25, 0.3) is 0 Å². The number of nitrogens with zero attached hydrogens (tertiary/aromatic N) is 4. The summed E-state index contributed by atoms with van der Waals surface area (Å²) >= 11 is 0. The molecule has 2 aromatic rings. The van der Waals surface area contributed by atoms with Crippen LogP contribution in [0, 0.1) is 6.92 Å². The molecule has 0 aliphatic carbocycles. The summed E-state index contributed by atoms with van der Waals surface area (Å²) in [5.41, 5.74) is 2.17. The molecule has 1 aliphatic heterocycles. The lowest BCUT2D eigenvalue weighted by atomic mass is 10.0. The Labute approximate surface area is 148 Å². The maximum atomic E-state index is 11.9. The van der Waals surface area contributed by atoms with Crippen molar-refractivity contribution in [1.82, 2.24) is 19.8 Å². The van der Waals surface area contributed by atoms with E-state index in [-0.39, 0.29) is 11.9 Å². The summed E-state index contributed by atoms with van der Waals surface area (Å²) in [6.07, 6.45) is 3.75. The highest BCUT2D eigenvalue weighted by molar-refractivity contribution is 5.73. The smallest absolute Gasteiger partial charge is 0.219 e. The van der Waals surface area contributed by atoms with Gasteiger partial charge in [0.1, 0.15) is 11.6 Å². The molecule has 6 nitrogen and oxygen atoms in total. The minimum Gasteiger partial charge on any atom is -0.496 e. The first-order valence-corrected chi connectivity index (χ1v) is 8.48. The fourth-order valence-corrected chi connectivity index (χ4v) is 3.27. The molecule has 0 spiro atoms. The fourth-order valence-electron chi connectivity index (χ4n) is 3.27. The molecule has 0 bridgehead atoms. The van der Waals surface area contributed by atoms with Gasteiger partial charge in [-0.05, 0) is 13.0 Å². The lowest BCUT2D eigenvalue weighted by Gasteiger charge is -2.41. The molecule has 2 heterocycles. The summed E-state index contributed by atoms with van der Waals surface area (Å²) < 4.78 is 5.55. The molecule has 0 N–H and O–H groups in total. The first kappa shape index (κ1) is 17.4. The molecule has 1 atom stereocenters. The number of piperazine rings is 1. The van der Waals surface area contributed by atoms with Gasteiger partial charge in [-0.2, -0.15) is 0 Å².